The van der Waals surface area contributed by atoms with Gasteiger partial charge in [-0.1, -0.05) is 0 Å². The molecule has 0 spiro atoms. The molecule has 0 saturated carbocycles. The average Bonchev–Trinajstić information content (AvgIpc) is 2.85. The fourth-order valence-electron chi connectivity index (χ4n) is 2.57. The Balaban J connectivity index is 1.94. The summed E-state index contributed by atoms with van der Waals surface area (Å²) in [6.07, 6.45) is 2.29. The summed E-state index contributed by atoms with van der Waals surface area (Å²) < 4.78 is 12.9. The van der Waals surface area contributed by atoms with E-state index in [0.717, 1.165) is 49.7 Å². The minimum atomic E-state index is -0.0106. The zero-order valence-corrected chi connectivity index (χ0v) is 11.7. The van der Waals surface area contributed by atoms with Crippen LogP contribution >= 0.6 is 0 Å². The highest BCUT2D eigenvalue weighted by Crippen LogP contribution is 2.25. The van der Waals surface area contributed by atoms with Crippen LogP contribution in [0, 0.1) is 6.92 Å². The third-order valence-corrected chi connectivity index (χ3v) is 3.58. The number of rotatable bonds is 5. The van der Waals surface area contributed by atoms with Crippen LogP contribution in [-0.2, 0) is 18.3 Å². The molecular formula is C13H23N3O2. The van der Waals surface area contributed by atoms with Crippen molar-refractivity contribution in [2.75, 3.05) is 20.3 Å². The number of methoxy groups -OCH3 is 1. The first-order valence-electron chi connectivity index (χ1n) is 6.47. The fraction of sp³-hybridized carbons (Fsp3) is 0.769. The van der Waals surface area contributed by atoms with E-state index in [-0.39, 0.29) is 5.60 Å². The van der Waals surface area contributed by atoms with Crippen LogP contribution in [0.5, 0.6) is 5.88 Å². The van der Waals surface area contributed by atoms with E-state index in [1.807, 2.05) is 14.0 Å². The van der Waals surface area contributed by atoms with E-state index in [2.05, 4.69) is 17.3 Å². The Labute approximate surface area is 108 Å². The maximum atomic E-state index is 5.76. The second-order valence-corrected chi connectivity index (χ2v) is 5.20. The van der Waals surface area contributed by atoms with Gasteiger partial charge < -0.3 is 14.8 Å². The summed E-state index contributed by atoms with van der Waals surface area (Å²) in [5, 5.41) is 7.82. The third-order valence-electron chi connectivity index (χ3n) is 3.58. The summed E-state index contributed by atoms with van der Waals surface area (Å²) in [6.45, 7) is 6.69. The van der Waals surface area contributed by atoms with Gasteiger partial charge in [-0.15, -0.1) is 0 Å². The first-order chi connectivity index (χ1) is 8.56. The molecule has 0 radical (unpaired) electrons. The normalized spacial score (nSPS) is 23.6. The van der Waals surface area contributed by atoms with E-state index in [0.29, 0.717) is 0 Å². The summed E-state index contributed by atoms with van der Waals surface area (Å²) in [5.74, 6) is 0.831. The zero-order chi connectivity index (χ0) is 13.2. The maximum absolute atomic E-state index is 5.76. The average molecular weight is 253 g/mol. The lowest BCUT2D eigenvalue weighted by Gasteiger charge is -2.23. The quantitative estimate of drug-likeness (QED) is 0.861. The lowest BCUT2D eigenvalue weighted by Crippen LogP contribution is -2.36. The number of hydrogen-bond acceptors (Lipinski definition) is 4. The summed E-state index contributed by atoms with van der Waals surface area (Å²) in [4.78, 5) is 0. The largest absolute Gasteiger partial charge is 0.481 e. The molecule has 1 fully saturated rings. The molecule has 1 aliphatic heterocycles. The Morgan fingerprint density at radius 1 is 1.56 bits per heavy atom. The van der Waals surface area contributed by atoms with Gasteiger partial charge in [0.25, 0.3) is 0 Å². The minimum Gasteiger partial charge on any atom is -0.481 e. The van der Waals surface area contributed by atoms with Crippen molar-refractivity contribution < 1.29 is 9.47 Å². The summed E-state index contributed by atoms with van der Waals surface area (Å²) in [7, 11) is 3.58. The van der Waals surface area contributed by atoms with Crippen LogP contribution in [-0.4, -0.2) is 35.6 Å². The number of hydrogen-bond donors (Lipinski definition) is 1. The van der Waals surface area contributed by atoms with Crippen molar-refractivity contribution in [2.24, 2.45) is 7.05 Å². The summed E-state index contributed by atoms with van der Waals surface area (Å²) in [6, 6.07) is 0. The molecule has 18 heavy (non-hydrogen) atoms. The van der Waals surface area contributed by atoms with Crippen molar-refractivity contribution in [2.45, 2.75) is 38.8 Å². The smallest absolute Gasteiger partial charge is 0.216 e. The maximum Gasteiger partial charge on any atom is 0.216 e. The topological polar surface area (TPSA) is 48.3 Å². The van der Waals surface area contributed by atoms with Gasteiger partial charge in [0.2, 0.25) is 5.88 Å². The molecule has 1 aromatic heterocycles. The van der Waals surface area contributed by atoms with Gasteiger partial charge in [0.1, 0.15) is 0 Å². The van der Waals surface area contributed by atoms with Gasteiger partial charge >= 0.3 is 0 Å². The Kier molecular flexibility index (Phi) is 3.92. The Hall–Kier alpha value is -1.07. The molecule has 1 atom stereocenters. The SMILES string of the molecule is COc1c(CNCC2(C)CCCO2)c(C)nn1C. The van der Waals surface area contributed by atoms with Crippen LogP contribution in [0.1, 0.15) is 31.0 Å². The number of nitrogens with zero attached hydrogens (tertiary/aromatic N) is 2. The minimum absolute atomic E-state index is 0.0106. The molecule has 0 aliphatic carbocycles. The van der Waals surface area contributed by atoms with Gasteiger partial charge in [-0.05, 0) is 26.7 Å². The predicted octanol–water partition coefficient (Wildman–Crippen LogP) is 1.40. The molecule has 1 aromatic rings. The van der Waals surface area contributed by atoms with Gasteiger partial charge in [-0.3, -0.25) is 0 Å². The van der Waals surface area contributed by atoms with Crippen LogP contribution in [0.15, 0.2) is 0 Å². The molecule has 0 bridgehead atoms. The van der Waals surface area contributed by atoms with Crippen LogP contribution in [0.25, 0.3) is 0 Å². The molecule has 0 aromatic carbocycles. The van der Waals surface area contributed by atoms with Crippen molar-refractivity contribution in [3.05, 3.63) is 11.3 Å². The summed E-state index contributed by atoms with van der Waals surface area (Å²) in [5.41, 5.74) is 2.13. The lowest BCUT2D eigenvalue weighted by atomic mass is 10.0. The van der Waals surface area contributed by atoms with Crippen LogP contribution < -0.4 is 10.1 Å². The number of aryl methyl sites for hydroxylation is 2. The number of aromatic nitrogens is 2. The molecule has 2 heterocycles. The Morgan fingerprint density at radius 3 is 2.94 bits per heavy atom. The van der Waals surface area contributed by atoms with E-state index in [4.69, 9.17) is 9.47 Å². The number of ether oxygens (including phenoxy) is 2. The van der Waals surface area contributed by atoms with Gasteiger partial charge in [0.05, 0.1) is 24.0 Å². The first-order valence-corrected chi connectivity index (χ1v) is 6.47. The van der Waals surface area contributed by atoms with Crippen molar-refractivity contribution >= 4 is 0 Å². The zero-order valence-electron chi connectivity index (χ0n) is 11.7. The van der Waals surface area contributed by atoms with Crippen LogP contribution in [0.4, 0.5) is 0 Å². The molecule has 1 unspecified atom stereocenters. The molecule has 102 valence electrons. The highest BCUT2D eigenvalue weighted by molar-refractivity contribution is 5.30. The van der Waals surface area contributed by atoms with Crippen molar-refractivity contribution in [3.63, 3.8) is 0 Å². The molecular weight excluding hydrogens is 230 g/mol. The predicted molar refractivity (Wildman–Crippen MR) is 69.8 cm³/mol. The van der Waals surface area contributed by atoms with Gasteiger partial charge in [-0.2, -0.15) is 5.10 Å². The van der Waals surface area contributed by atoms with Crippen LogP contribution in [0.3, 0.4) is 0 Å². The molecule has 2 rings (SSSR count). The lowest BCUT2D eigenvalue weighted by molar-refractivity contribution is 0.0206. The monoisotopic (exact) mass is 253 g/mol. The van der Waals surface area contributed by atoms with Gasteiger partial charge in [-0.25, -0.2) is 4.68 Å². The molecule has 1 N–H and O–H groups in total. The van der Waals surface area contributed by atoms with Crippen LogP contribution in [0.2, 0.25) is 0 Å². The number of nitrogens with one attached hydrogen (secondary N) is 1. The standard InChI is InChI=1S/C13H23N3O2/c1-10-11(12(17-4)16(3)15-10)8-14-9-13(2)6-5-7-18-13/h14H,5-9H2,1-4H3. The Morgan fingerprint density at radius 2 is 2.33 bits per heavy atom. The third kappa shape index (κ3) is 2.67. The van der Waals surface area contributed by atoms with Gasteiger partial charge in [0.15, 0.2) is 0 Å². The van der Waals surface area contributed by atoms with Crippen molar-refractivity contribution in [1.29, 1.82) is 0 Å². The van der Waals surface area contributed by atoms with E-state index in [1.54, 1.807) is 11.8 Å². The first kappa shape index (κ1) is 13.4. The van der Waals surface area contributed by atoms with Crippen molar-refractivity contribution in [1.82, 2.24) is 15.1 Å². The molecule has 5 heteroatoms. The van der Waals surface area contributed by atoms with E-state index < -0.39 is 0 Å². The highest BCUT2D eigenvalue weighted by atomic mass is 16.5. The fourth-order valence-corrected chi connectivity index (χ4v) is 2.57. The van der Waals surface area contributed by atoms with E-state index >= 15 is 0 Å². The molecule has 5 nitrogen and oxygen atoms in total. The highest BCUT2D eigenvalue weighted by Gasteiger charge is 2.29. The summed E-state index contributed by atoms with van der Waals surface area (Å²) >= 11 is 0. The molecule has 0 amide bonds. The molecule has 1 aliphatic rings. The molecule has 1 saturated heterocycles. The Bertz CT molecular complexity index is 409. The van der Waals surface area contributed by atoms with Gasteiger partial charge in [0, 0.05) is 26.7 Å². The van der Waals surface area contributed by atoms with E-state index in [9.17, 15) is 0 Å². The second-order valence-electron chi connectivity index (χ2n) is 5.20. The second kappa shape index (κ2) is 5.28. The van der Waals surface area contributed by atoms with E-state index in [1.165, 1.54) is 0 Å². The van der Waals surface area contributed by atoms with Crippen molar-refractivity contribution in [3.8, 4) is 5.88 Å².